The largest absolute Gasteiger partial charge is 0.335 e. The number of piperazine rings is 1. The SMILES string of the molecule is Cc1nn(-c2ccc(F)cc2)c2sc(C(=O)N3CCNCC3)cc12.Cl. The molecule has 1 N–H and O–H groups in total. The van der Waals surface area contributed by atoms with Gasteiger partial charge in [0.25, 0.3) is 5.91 Å². The van der Waals surface area contributed by atoms with E-state index in [9.17, 15) is 9.18 Å². The maximum Gasteiger partial charge on any atom is 0.264 e. The molecule has 2 aromatic heterocycles. The number of thiophene rings is 1. The van der Waals surface area contributed by atoms with Crippen molar-refractivity contribution in [1.82, 2.24) is 20.0 Å². The standard InChI is InChI=1S/C17H17FN4OS.ClH/c1-11-14-10-15(16(23)21-8-6-19-7-9-21)24-17(14)22(20-11)13-4-2-12(18)3-5-13;/h2-5,10,19H,6-9H2,1H3;1H. The molecule has 1 fully saturated rings. The fraction of sp³-hybridized carbons (Fsp3) is 0.294. The summed E-state index contributed by atoms with van der Waals surface area (Å²) in [4.78, 5) is 16.2. The Balaban J connectivity index is 0.00000182. The molecule has 0 radical (unpaired) electrons. The molecule has 3 aromatic rings. The van der Waals surface area contributed by atoms with Crippen LogP contribution in [-0.2, 0) is 0 Å². The van der Waals surface area contributed by atoms with Gasteiger partial charge in [-0.1, -0.05) is 0 Å². The van der Waals surface area contributed by atoms with Gasteiger partial charge in [0.2, 0.25) is 0 Å². The Labute approximate surface area is 154 Å². The van der Waals surface area contributed by atoms with Crippen LogP contribution in [0.4, 0.5) is 4.39 Å². The number of hydrogen-bond acceptors (Lipinski definition) is 4. The summed E-state index contributed by atoms with van der Waals surface area (Å²) in [5.41, 5.74) is 1.66. The molecule has 5 nitrogen and oxygen atoms in total. The third-order valence-electron chi connectivity index (χ3n) is 4.23. The van der Waals surface area contributed by atoms with Gasteiger partial charge in [-0.05, 0) is 37.3 Å². The van der Waals surface area contributed by atoms with Crippen LogP contribution in [0.5, 0.6) is 0 Å². The molecule has 3 heterocycles. The molecule has 1 saturated heterocycles. The summed E-state index contributed by atoms with van der Waals surface area (Å²) in [6.07, 6.45) is 0. The molecular formula is C17H18ClFN4OS. The van der Waals surface area contributed by atoms with E-state index in [2.05, 4.69) is 10.4 Å². The first kappa shape index (κ1) is 17.8. The lowest BCUT2D eigenvalue weighted by atomic mass is 10.2. The van der Waals surface area contributed by atoms with E-state index in [0.717, 1.165) is 52.7 Å². The van der Waals surface area contributed by atoms with Crippen LogP contribution in [0.25, 0.3) is 15.9 Å². The third-order valence-corrected chi connectivity index (χ3v) is 5.33. The van der Waals surface area contributed by atoms with Crippen molar-refractivity contribution in [3.63, 3.8) is 0 Å². The second-order valence-electron chi connectivity index (χ2n) is 5.85. The number of rotatable bonds is 2. The zero-order chi connectivity index (χ0) is 16.7. The Hall–Kier alpha value is -1.96. The molecule has 0 saturated carbocycles. The van der Waals surface area contributed by atoms with E-state index < -0.39 is 0 Å². The van der Waals surface area contributed by atoms with Crippen LogP contribution < -0.4 is 5.32 Å². The molecule has 0 bridgehead atoms. The van der Waals surface area contributed by atoms with Crippen molar-refractivity contribution in [2.75, 3.05) is 26.2 Å². The molecule has 0 atom stereocenters. The average Bonchev–Trinajstić information content (AvgIpc) is 3.17. The number of halogens is 2. The molecule has 0 unspecified atom stereocenters. The predicted molar refractivity (Wildman–Crippen MR) is 99.7 cm³/mol. The molecule has 1 aliphatic rings. The van der Waals surface area contributed by atoms with Gasteiger partial charge in [0.05, 0.1) is 16.3 Å². The van der Waals surface area contributed by atoms with Crippen LogP contribution in [0.1, 0.15) is 15.4 Å². The van der Waals surface area contributed by atoms with Crippen molar-refractivity contribution < 1.29 is 9.18 Å². The Morgan fingerprint density at radius 1 is 1.24 bits per heavy atom. The van der Waals surface area contributed by atoms with E-state index in [1.807, 2.05) is 17.9 Å². The van der Waals surface area contributed by atoms with Crippen molar-refractivity contribution in [3.8, 4) is 5.69 Å². The van der Waals surface area contributed by atoms with E-state index in [1.165, 1.54) is 23.5 Å². The number of nitrogens with zero attached hydrogens (tertiary/aromatic N) is 3. The lowest BCUT2D eigenvalue weighted by Crippen LogP contribution is -2.46. The Morgan fingerprint density at radius 2 is 1.92 bits per heavy atom. The molecule has 132 valence electrons. The van der Waals surface area contributed by atoms with Gasteiger partial charge in [-0.2, -0.15) is 5.10 Å². The summed E-state index contributed by atoms with van der Waals surface area (Å²) in [6.45, 7) is 5.05. The zero-order valence-electron chi connectivity index (χ0n) is 13.7. The predicted octanol–water partition coefficient (Wildman–Crippen LogP) is 3.00. The number of nitrogens with one attached hydrogen (secondary N) is 1. The normalized spacial score (nSPS) is 14.6. The molecule has 1 aliphatic heterocycles. The first-order valence-corrected chi connectivity index (χ1v) is 8.70. The van der Waals surface area contributed by atoms with Gasteiger partial charge >= 0.3 is 0 Å². The molecule has 8 heteroatoms. The Bertz CT molecular complexity index is 899. The number of aryl methyl sites for hydroxylation is 1. The number of aromatic nitrogens is 2. The number of carbonyl (C=O) groups is 1. The number of benzene rings is 1. The summed E-state index contributed by atoms with van der Waals surface area (Å²) in [6, 6.07) is 8.14. The highest BCUT2D eigenvalue weighted by Crippen LogP contribution is 2.31. The monoisotopic (exact) mass is 380 g/mol. The highest BCUT2D eigenvalue weighted by molar-refractivity contribution is 7.20. The van der Waals surface area contributed by atoms with Crippen LogP contribution in [0.15, 0.2) is 30.3 Å². The van der Waals surface area contributed by atoms with Crippen LogP contribution in [-0.4, -0.2) is 46.8 Å². The fourth-order valence-electron chi connectivity index (χ4n) is 2.93. The second-order valence-corrected chi connectivity index (χ2v) is 6.88. The van der Waals surface area contributed by atoms with Crippen molar-refractivity contribution in [1.29, 1.82) is 0 Å². The first-order chi connectivity index (χ1) is 11.6. The summed E-state index contributed by atoms with van der Waals surface area (Å²) < 4.78 is 14.9. The number of amides is 1. The topological polar surface area (TPSA) is 50.2 Å². The summed E-state index contributed by atoms with van der Waals surface area (Å²) in [5.74, 6) is -0.206. The quantitative estimate of drug-likeness (QED) is 0.743. The maximum atomic E-state index is 13.2. The molecule has 1 aromatic carbocycles. The van der Waals surface area contributed by atoms with E-state index in [-0.39, 0.29) is 24.1 Å². The van der Waals surface area contributed by atoms with Crippen molar-refractivity contribution in [2.45, 2.75) is 6.92 Å². The van der Waals surface area contributed by atoms with E-state index >= 15 is 0 Å². The number of fused-ring (bicyclic) bond motifs is 1. The minimum atomic E-state index is -0.278. The maximum absolute atomic E-state index is 13.2. The van der Waals surface area contributed by atoms with Crippen molar-refractivity contribution in [3.05, 3.63) is 46.7 Å². The number of hydrogen-bond donors (Lipinski definition) is 1. The summed E-state index contributed by atoms with van der Waals surface area (Å²) in [5, 5.41) is 8.76. The van der Waals surface area contributed by atoms with Gasteiger partial charge in [-0.15, -0.1) is 23.7 Å². The molecule has 0 spiro atoms. The van der Waals surface area contributed by atoms with E-state index in [4.69, 9.17) is 0 Å². The van der Waals surface area contributed by atoms with Gasteiger partial charge < -0.3 is 10.2 Å². The lowest BCUT2D eigenvalue weighted by Gasteiger charge is -2.26. The average molecular weight is 381 g/mol. The lowest BCUT2D eigenvalue weighted by molar-refractivity contribution is 0.0741. The van der Waals surface area contributed by atoms with Gasteiger partial charge in [0, 0.05) is 31.6 Å². The highest BCUT2D eigenvalue weighted by atomic mass is 35.5. The Kier molecular flexibility index (Phi) is 5.08. The van der Waals surface area contributed by atoms with Gasteiger partial charge in [0.1, 0.15) is 10.6 Å². The van der Waals surface area contributed by atoms with Crippen molar-refractivity contribution >= 4 is 39.9 Å². The van der Waals surface area contributed by atoms with Crippen LogP contribution in [0.3, 0.4) is 0 Å². The van der Waals surface area contributed by atoms with Gasteiger partial charge in [-0.3, -0.25) is 4.79 Å². The van der Waals surface area contributed by atoms with Gasteiger partial charge in [-0.25, -0.2) is 9.07 Å². The third kappa shape index (κ3) is 3.27. The summed E-state index contributed by atoms with van der Waals surface area (Å²) in [7, 11) is 0. The number of carbonyl (C=O) groups excluding carboxylic acids is 1. The van der Waals surface area contributed by atoms with Gasteiger partial charge in [0.15, 0.2) is 0 Å². The van der Waals surface area contributed by atoms with Crippen LogP contribution >= 0.6 is 23.7 Å². The van der Waals surface area contributed by atoms with Crippen LogP contribution in [0.2, 0.25) is 0 Å². The smallest absolute Gasteiger partial charge is 0.264 e. The Morgan fingerprint density at radius 3 is 2.60 bits per heavy atom. The van der Waals surface area contributed by atoms with E-state index in [0.29, 0.717) is 0 Å². The fourth-order valence-corrected chi connectivity index (χ4v) is 4.08. The molecule has 1 amide bonds. The minimum Gasteiger partial charge on any atom is -0.335 e. The van der Waals surface area contributed by atoms with Crippen molar-refractivity contribution in [2.24, 2.45) is 0 Å². The summed E-state index contributed by atoms with van der Waals surface area (Å²) >= 11 is 1.44. The zero-order valence-corrected chi connectivity index (χ0v) is 15.3. The van der Waals surface area contributed by atoms with E-state index in [1.54, 1.807) is 16.8 Å². The molecule has 25 heavy (non-hydrogen) atoms. The molecular weight excluding hydrogens is 363 g/mol. The first-order valence-electron chi connectivity index (χ1n) is 7.88. The molecule has 0 aliphatic carbocycles. The second kappa shape index (κ2) is 7.11. The minimum absolute atomic E-state index is 0. The highest BCUT2D eigenvalue weighted by Gasteiger charge is 2.22. The molecule has 4 rings (SSSR count). The van der Waals surface area contributed by atoms with Crippen LogP contribution in [0, 0.1) is 12.7 Å².